The minimum Gasteiger partial charge on any atom is -0.309 e. The molecule has 0 atom stereocenters. The van der Waals surface area contributed by atoms with Gasteiger partial charge in [-0.05, 0) is 83.9 Å². The molecule has 4 heterocycles. The number of nitrogens with zero attached hydrogens (tertiary/aromatic N) is 2. The summed E-state index contributed by atoms with van der Waals surface area (Å²) in [6.45, 7) is 8.41. The third-order valence-electron chi connectivity index (χ3n) is 10.7. The number of hydrogen-bond acceptors (Lipinski definition) is 2. The Morgan fingerprint density at radius 2 is 0.885 bits per heavy atom. The van der Waals surface area contributed by atoms with Gasteiger partial charge < -0.3 is 9.13 Å². The largest absolute Gasteiger partial charge is 0.309 e. The lowest BCUT2D eigenvalue weighted by Crippen LogP contribution is -1.97. The first-order valence-electron chi connectivity index (χ1n) is 17.5. The van der Waals surface area contributed by atoms with Crippen LogP contribution in [-0.2, 0) is 0 Å². The lowest BCUT2D eigenvalue weighted by molar-refractivity contribution is 1.11. The number of rotatable bonds is 5. The molecule has 0 aliphatic heterocycles. The maximum Gasteiger partial charge on any atom is 0.0548 e. The molecule has 0 amide bonds. The molecule has 11 rings (SSSR count). The Labute approximate surface area is 308 Å². The number of aromatic nitrogens is 2. The predicted octanol–water partition coefficient (Wildman–Crippen LogP) is 14.4. The molecule has 0 unspecified atom stereocenters. The van der Waals surface area contributed by atoms with Gasteiger partial charge in [0.25, 0.3) is 0 Å². The Kier molecular flexibility index (Phi) is 6.33. The van der Waals surface area contributed by atoms with E-state index in [-0.39, 0.29) is 0 Å². The van der Waals surface area contributed by atoms with Gasteiger partial charge in [-0.25, -0.2) is 0 Å². The molecule has 0 fully saturated rings. The van der Waals surface area contributed by atoms with Gasteiger partial charge in [-0.15, -0.1) is 22.7 Å². The van der Waals surface area contributed by atoms with E-state index in [2.05, 4.69) is 168 Å². The van der Waals surface area contributed by atoms with Crippen molar-refractivity contribution in [2.24, 2.45) is 0 Å². The molecule has 0 aliphatic carbocycles. The zero-order valence-corrected chi connectivity index (χ0v) is 29.8. The van der Waals surface area contributed by atoms with Crippen molar-refractivity contribution in [1.82, 2.24) is 9.13 Å². The van der Waals surface area contributed by atoms with E-state index in [1.807, 2.05) is 34.8 Å². The van der Waals surface area contributed by atoms with Gasteiger partial charge in [0.15, 0.2) is 0 Å². The topological polar surface area (TPSA) is 9.86 Å². The second-order valence-corrected chi connectivity index (χ2v) is 15.6. The lowest BCUT2D eigenvalue weighted by atomic mass is 10.0. The van der Waals surface area contributed by atoms with Gasteiger partial charge in [-0.1, -0.05) is 98.1 Å². The number of thiophene rings is 2. The van der Waals surface area contributed by atoms with Crippen molar-refractivity contribution in [2.45, 2.75) is 0 Å². The van der Waals surface area contributed by atoms with Gasteiger partial charge in [0.1, 0.15) is 0 Å². The Morgan fingerprint density at radius 1 is 0.385 bits per heavy atom. The van der Waals surface area contributed by atoms with E-state index in [0.29, 0.717) is 0 Å². The van der Waals surface area contributed by atoms with Crippen LogP contribution in [0.4, 0.5) is 0 Å². The van der Waals surface area contributed by atoms with Crippen LogP contribution in [0, 0.1) is 0 Å². The van der Waals surface area contributed by atoms with Crippen LogP contribution in [0.5, 0.6) is 0 Å². The molecule has 0 spiro atoms. The van der Waals surface area contributed by atoms with Crippen molar-refractivity contribution in [1.29, 1.82) is 0 Å². The van der Waals surface area contributed by atoms with E-state index < -0.39 is 0 Å². The van der Waals surface area contributed by atoms with Crippen LogP contribution in [0.2, 0.25) is 0 Å². The van der Waals surface area contributed by atoms with Crippen LogP contribution in [0.15, 0.2) is 159 Å². The zero-order valence-electron chi connectivity index (χ0n) is 28.1. The smallest absolute Gasteiger partial charge is 0.0548 e. The molecule has 4 aromatic heterocycles. The predicted molar refractivity (Wildman–Crippen MR) is 229 cm³/mol. The van der Waals surface area contributed by atoms with E-state index in [1.165, 1.54) is 78.7 Å². The first-order valence-corrected chi connectivity index (χ1v) is 19.1. The standard InChI is InChI=1S/C48H30N2S2/c1-3-33-37-27-47-39(35-12-6-9-15-45(35)51-47)25-43(37)49(41(33)4-2)31-21-17-29(18-22-31)30-19-23-32(24-20-30)50-42-14-8-5-11-34(42)38-28-48-40(26-44(38)50)36-13-7-10-16-46(36)52-48/h3-28H,1-2H2. The van der Waals surface area contributed by atoms with Gasteiger partial charge in [0, 0.05) is 73.4 Å². The molecule has 0 bridgehead atoms. The normalized spacial score (nSPS) is 12.0. The van der Waals surface area contributed by atoms with Crippen LogP contribution in [-0.4, -0.2) is 9.13 Å². The van der Waals surface area contributed by atoms with E-state index in [4.69, 9.17) is 0 Å². The van der Waals surface area contributed by atoms with E-state index in [1.54, 1.807) is 0 Å². The summed E-state index contributed by atoms with van der Waals surface area (Å²) in [4.78, 5) is 0. The van der Waals surface area contributed by atoms with Crippen LogP contribution < -0.4 is 0 Å². The third-order valence-corrected chi connectivity index (χ3v) is 13.0. The molecule has 11 aromatic rings. The first-order chi connectivity index (χ1) is 25.7. The van der Waals surface area contributed by atoms with Crippen molar-refractivity contribution in [3.05, 3.63) is 170 Å². The lowest BCUT2D eigenvalue weighted by Gasteiger charge is -2.12. The van der Waals surface area contributed by atoms with Crippen LogP contribution in [0.1, 0.15) is 11.3 Å². The second-order valence-electron chi connectivity index (χ2n) is 13.4. The van der Waals surface area contributed by atoms with Crippen LogP contribution in [0.3, 0.4) is 0 Å². The molecule has 2 nitrogen and oxygen atoms in total. The van der Waals surface area contributed by atoms with Gasteiger partial charge in [0.2, 0.25) is 0 Å². The van der Waals surface area contributed by atoms with Gasteiger partial charge in [-0.3, -0.25) is 0 Å². The zero-order chi connectivity index (χ0) is 34.5. The summed E-state index contributed by atoms with van der Waals surface area (Å²) < 4.78 is 10.0. The molecule has 0 radical (unpaired) electrons. The third kappa shape index (κ3) is 4.16. The van der Waals surface area contributed by atoms with Crippen molar-refractivity contribution in [2.75, 3.05) is 0 Å². The number of benzene rings is 7. The van der Waals surface area contributed by atoms with E-state index in [9.17, 15) is 0 Å². The highest BCUT2D eigenvalue weighted by Crippen LogP contribution is 2.42. The van der Waals surface area contributed by atoms with E-state index in [0.717, 1.165) is 28.1 Å². The van der Waals surface area contributed by atoms with Crippen LogP contribution in [0.25, 0.3) is 108 Å². The Hall–Kier alpha value is -6.20. The fraction of sp³-hybridized carbons (Fsp3) is 0. The molecule has 0 saturated carbocycles. The molecular weight excluding hydrogens is 669 g/mol. The van der Waals surface area contributed by atoms with Gasteiger partial charge in [-0.2, -0.15) is 0 Å². The summed E-state index contributed by atoms with van der Waals surface area (Å²) >= 11 is 3.72. The SMILES string of the molecule is C=Cc1c(C=C)n(-c2ccc(-c3ccc(-n4c5ccccc5c5cc6sc7ccccc7c6cc54)cc3)cc2)c2cc3c(cc12)sc1ccccc13. The van der Waals surface area contributed by atoms with E-state index >= 15 is 0 Å². The minimum absolute atomic E-state index is 1.06. The summed E-state index contributed by atoms with van der Waals surface area (Å²) in [5.41, 5.74) is 10.4. The number of fused-ring (bicyclic) bond motifs is 10. The van der Waals surface area contributed by atoms with Gasteiger partial charge in [0.05, 0.1) is 22.2 Å². The summed E-state index contributed by atoms with van der Waals surface area (Å²) in [5, 5.41) is 8.98. The van der Waals surface area contributed by atoms with Gasteiger partial charge >= 0.3 is 0 Å². The molecular formula is C48H30N2S2. The molecule has 4 heteroatoms. The fourth-order valence-corrected chi connectivity index (χ4v) is 10.6. The molecule has 7 aromatic carbocycles. The van der Waals surface area contributed by atoms with Crippen molar-refractivity contribution in [3.63, 3.8) is 0 Å². The highest BCUT2D eigenvalue weighted by Gasteiger charge is 2.19. The number of para-hydroxylation sites is 1. The summed E-state index contributed by atoms with van der Waals surface area (Å²) in [6.07, 6.45) is 3.92. The first kappa shape index (κ1) is 29.5. The Balaban J connectivity index is 1.01. The van der Waals surface area contributed by atoms with Crippen molar-refractivity contribution in [3.8, 4) is 22.5 Å². The minimum atomic E-state index is 1.06. The summed E-state index contributed by atoms with van der Waals surface area (Å²) in [6, 6.07) is 53.5. The molecule has 0 aliphatic rings. The summed E-state index contributed by atoms with van der Waals surface area (Å²) in [5.74, 6) is 0. The molecule has 0 N–H and O–H groups in total. The average Bonchev–Trinajstić information content (AvgIpc) is 3.93. The average molecular weight is 699 g/mol. The monoisotopic (exact) mass is 698 g/mol. The highest BCUT2D eigenvalue weighted by molar-refractivity contribution is 7.26. The highest BCUT2D eigenvalue weighted by atomic mass is 32.1. The Morgan fingerprint density at radius 3 is 1.46 bits per heavy atom. The maximum atomic E-state index is 4.22. The van der Waals surface area contributed by atoms with Crippen molar-refractivity contribution < 1.29 is 0 Å². The van der Waals surface area contributed by atoms with Crippen LogP contribution >= 0.6 is 22.7 Å². The van der Waals surface area contributed by atoms with Crippen molar-refractivity contribution >= 4 is 108 Å². The molecule has 244 valence electrons. The fourth-order valence-electron chi connectivity index (χ4n) is 8.31. The molecule has 0 saturated heterocycles. The number of hydrogen-bond donors (Lipinski definition) is 0. The molecule has 52 heavy (non-hydrogen) atoms. The summed E-state index contributed by atoms with van der Waals surface area (Å²) in [7, 11) is 0. The quantitative estimate of drug-likeness (QED) is 0.169. The second kappa shape index (κ2) is 11.1. The maximum absolute atomic E-state index is 4.22. The Bertz CT molecular complexity index is 3250.